The summed E-state index contributed by atoms with van der Waals surface area (Å²) >= 11 is 0. The topological polar surface area (TPSA) is 21.3 Å². The lowest BCUT2D eigenvalue weighted by Gasteiger charge is -2.19. The Bertz CT molecular complexity index is 348. The van der Waals surface area contributed by atoms with Crippen molar-refractivity contribution >= 4 is 0 Å². The van der Waals surface area contributed by atoms with Crippen molar-refractivity contribution in [2.45, 2.75) is 51.5 Å². The van der Waals surface area contributed by atoms with Crippen molar-refractivity contribution in [2.75, 3.05) is 19.8 Å². The fraction of sp³-hybridized carbons (Fsp3) is 0.667. The van der Waals surface area contributed by atoms with Gasteiger partial charge in [0, 0.05) is 19.2 Å². The van der Waals surface area contributed by atoms with E-state index in [2.05, 4.69) is 42.6 Å². The van der Waals surface area contributed by atoms with E-state index in [1.54, 1.807) is 0 Å². The zero-order valence-corrected chi connectivity index (χ0v) is 12.8. The SMILES string of the molecule is CCCCCC(NCCOCC1CC1)c1ccccc1. The highest BCUT2D eigenvalue weighted by Crippen LogP contribution is 2.28. The predicted octanol–water partition coefficient (Wildman–Crippen LogP) is 4.32. The lowest BCUT2D eigenvalue weighted by molar-refractivity contribution is 0.124. The van der Waals surface area contributed by atoms with Crippen LogP contribution in [0.25, 0.3) is 0 Å². The number of unbranched alkanes of at least 4 members (excludes halogenated alkanes) is 2. The molecule has 0 bridgehead atoms. The Morgan fingerprint density at radius 3 is 2.70 bits per heavy atom. The molecule has 0 radical (unpaired) electrons. The second-order valence-corrected chi connectivity index (χ2v) is 5.93. The van der Waals surface area contributed by atoms with Crippen molar-refractivity contribution in [3.8, 4) is 0 Å². The maximum atomic E-state index is 5.71. The van der Waals surface area contributed by atoms with E-state index in [4.69, 9.17) is 4.74 Å². The highest BCUT2D eigenvalue weighted by atomic mass is 16.5. The van der Waals surface area contributed by atoms with Crippen molar-refractivity contribution in [1.82, 2.24) is 5.32 Å². The molecule has 1 unspecified atom stereocenters. The lowest BCUT2D eigenvalue weighted by atomic mass is 10.0. The first kappa shape index (κ1) is 15.5. The van der Waals surface area contributed by atoms with Gasteiger partial charge in [-0.3, -0.25) is 0 Å². The van der Waals surface area contributed by atoms with Gasteiger partial charge in [-0.2, -0.15) is 0 Å². The number of ether oxygens (including phenoxy) is 1. The van der Waals surface area contributed by atoms with Gasteiger partial charge >= 0.3 is 0 Å². The van der Waals surface area contributed by atoms with Gasteiger partial charge in [0.05, 0.1) is 6.61 Å². The van der Waals surface area contributed by atoms with Crippen molar-refractivity contribution in [1.29, 1.82) is 0 Å². The van der Waals surface area contributed by atoms with Gasteiger partial charge in [-0.05, 0) is 30.7 Å². The van der Waals surface area contributed by atoms with Gasteiger partial charge in [0.2, 0.25) is 0 Å². The molecule has 112 valence electrons. The number of benzene rings is 1. The minimum Gasteiger partial charge on any atom is -0.380 e. The summed E-state index contributed by atoms with van der Waals surface area (Å²) < 4.78 is 5.71. The highest BCUT2D eigenvalue weighted by molar-refractivity contribution is 5.18. The predicted molar refractivity (Wildman–Crippen MR) is 84.9 cm³/mol. The van der Waals surface area contributed by atoms with E-state index in [1.165, 1.54) is 44.1 Å². The van der Waals surface area contributed by atoms with Gasteiger partial charge in [-0.1, -0.05) is 56.5 Å². The van der Waals surface area contributed by atoms with Crippen molar-refractivity contribution in [2.24, 2.45) is 5.92 Å². The summed E-state index contributed by atoms with van der Waals surface area (Å²) in [4.78, 5) is 0. The molecule has 0 saturated heterocycles. The molecule has 2 heteroatoms. The Balaban J connectivity index is 1.69. The molecule has 1 aromatic carbocycles. The molecule has 0 amide bonds. The summed E-state index contributed by atoms with van der Waals surface area (Å²) in [5.74, 6) is 0.865. The van der Waals surface area contributed by atoms with Crippen LogP contribution in [0, 0.1) is 5.92 Å². The molecule has 0 heterocycles. The van der Waals surface area contributed by atoms with Crippen LogP contribution < -0.4 is 5.32 Å². The third-order valence-corrected chi connectivity index (χ3v) is 3.99. The summed E-state index contributed by atoms with van der Waals surface area (Å²) in [5, 5.41) is 3.66. The van der Waals surface area contributed by atoms with Gasteiger partial charge in [0.1, 0.15) is 0 Å². The minimum atomic E-state index is 0.479. The molecule has 1 atom stereocenters. The fourth-order valence-electron chi connectivity index (χ4n) is 2.51. The summed E-state index contributed by atoms with van der Waals surface area (Å²) in [6.45, 7) is 5.02. The highest BCUT2D eigenvalue weighted by Gasteiger charge is 2.20. The van der Waals surface area contributed by atoms with E-state index >= 15 is 0 Å². The normalized spacial score (nSPS) is 16.2. The molecule has 1 fully saturated rings. The first-order valence-corrected chi connectivity index (χ1v) is 8.26. The van der Waals surface area contributed by atoms with Gasteiger partial charge in [0.25, 0.3) is 0 Å². The van der Waals surface area contributed by atoms with Crippen LogP contribution in [0.1, 0.15) is 57.1 Å². The zero-order chi connectivity index (χ0) is 14.0. The smallest absolute Gasteiger partial charge is 0.0591 e. The van der Waals surface area contributed by atoms with Crippen LogP contribution in [0.15, 0.2) is 30.3 Å². The summed E-state index contributed by atoms with van der Waals surface area (Å²) in [6.07, 6.45) is 7.87. The van der Waals surface area contributed by atoms with Crippen LogP contribution in [0.4, 0.5) is 0 Å². The van der Waals surface area contributed by atoms with Crippen LogP contribution in [-0.4, -0.2) is 19.8 Å². The lowest BCUT2D eigenvalue weighted by Crippen LogP contribution is -2.25. The van der Waals surface area contributed by atoms with Crippen LogP contribution >= 0.6 is 0 Å². The van der Waals surface area contributed by atoms with Gasteiger partial charge in [0.15, 0.2) is 0 Å². The van der Waals surface area contributed by atoms with E-state index in [0.29, 0.717) is 6.04 Å². The number of nitrogens with one attached hydrogen (secondary N) is 1. The van der Waals surface area contributed by atoms with Crippen LogP contribution in [0.5, 0.6) is 0 Å². The first-order chi connectivity index (χ1) is 9.90. The van der Waals surface area contributed by atoms with Gasteiger partial charge in [-0.15, -0.1) is 0 Å². The van der Waals surface area contributed by atoms with Crippen LogP contribution in [0.2, 0.25) is 0 Å². The first-order valence-electron chi connectivity index (χ1n) is 8.26. The Morgan fingerprint density at radius 2 is 2.00 bits per heavy atom. The average Bonchev–Trinajstić information content (AvgIpc) is 3.30. The molecule has 2 nitrogen and oxygen atoms in total. The Morgan fingerprint density at radius 1 is 1.20 bits per heavy atom. The number of hydrogen-bond acceptors (Lipinski definition) is 2. The second-order valence-electron chi connectivity index (χ2n) is 5.93. The minimum absolute atomic E-state index is 0.479. The number of hydrogen-bond donors (Lipinski definition) is 1. The molecule has 20 heavy (non-hydrogen) atoms. The molecular weight excluding hydrogens is 246 g/mol. The summed E-state index contributed by atoms with van der Waals surface area (Å²) in [7, 11) is 0. The standard InChI is InChI=1S/C18H29NO/c1-2-3-5-10-18(17-8-6-4-7-9-17)19-13-14-20-15-16-11-12-16/h4,6-9,16,18-19H,2-3,5,10-15H2,1H3. The third-order valence-electron chi connectivity index (χ3n) is 3.99. The average molecular weight is 275 g/mol. The third kappa shape index (κ3) is 6.06. The zero-order valence-electron chi connectivity index (χ0n) is 12.8. The largest absolute Gasteiger partial charge is 0.380 e. The molecule has 2 rings (SSSR count). The van der Waals surface area contributed by atoms with Crippen molar-refractivity contribution in [3.05, 3.63) is 35.9 Å². The molecule has 1 saturated carbocycles. The molecule has 1 aromatic rings. The molecule has 0 spiro atoms. The maximum absolute atomic E-state index is 5.71. The fourth-order valence-corrected chi connectivity index (χ4v) is 2.51. The van der Waals surface area contributed by atoms with Gasteiger partial charge < -0.3 is 10.1 Å². The van der Waals surface area contributed by atoms with E-state index in [0.717, 1.165) is 25.7 Å². The Kier molecular flexibility index (Phi) is 7.10. The molecule has 0 aromatic heterocycles. The Labute approximate surface area is 123 Å². The van der Waals surface area contributed by atoms with E-state index in [9.17, 15) is 0 Å². The van der Waals surface area contributed by atoms with E-state index < -0.39 is 0 Å². The van der Waals surface area contributed by atoms with Crippen molar-refractivity contribution in [3.63, 3.8) is 0 Å². The van der Waals surface area contributed by atoms with Crippen LogP contribution in [0.3, 0.4) is 0 Å². The van der Waals surface area contributed by atoms with Crippen molar-refractivity contribution < 1.29 is 4.74 Å². The van der Waals surface area contributed by atoms with Crippen LogP contribution in [-0.2, 0) is 4.74 Å². The molecule has 1 N–H and O–H groups in total. The molecule has 0 aliphatic heterocycles. The number of rotatable bonds is 11. The van der Waals surface area contributed by atoms with E-state index in [1.807, 2.05) is 0 Å². The molecule has 1 aliphatic carbocycles. The maximum Gasteiger partial charge on any atom is 0.0591 e. The Hall–Kier alpha value is -0.860. The quantitative estimate of drug-likeness (QED) is 0.607. The molecule has 1 aliphatic rings. The second kappa shape index (κ2) is 9.15. The summed E-state index contributed by atoms with van der Waals surface area (Å²) in [6, 6.07) is 11.3. The van der Waals surface area contributed by atoms with E-state index in [-0.39, 0.29) is 0 Å². The summed E-state index contributed by atoms with van der Waals surface area (Å²) in [5.41, 5.74) is 1.41. The molecular formula is C18H29NO. The van der Waals surface area contributed by atoms with Gasteiger partial charge in [-0.25, -0.2) is 0 Å². The monoisotopic (exact) mass is 275 g/mol.